The molecule has 5 heteroatoms. The van der Waals surface area contributed by atoms with E-state index in [4.69, 9.17) is 0 Å². The second kappa shape index (κ2) is 6.21. The lowest BCUT2D eigenvalue weighted by atomic mass is 9.86. The zero-order chi connectivity index (χ0) is 19.4. The highest BCUT2D eigenvalue weighted by Gasteiger charge is 2.31. The number of benzene rings is 2. The lowest BCUT2D eigenvalue weighted by Gasteiger charge is -2.27. The molecule has 0 fully saturated rings. The molecule has 0 saturated carbocycles. The molecule has 0 bridgehead atoms. The number of fused-ring (bicyclic) bond motifs is 3. The Bertz CT molecular complexity index is 1120. The van der Waals surface area contributed by atoms with Crippen molar-refractivity contribution in [1.82, 2.24) is 9.29 Å². The van der Waals surface area contributed by atoms with Crippen molar-refractivity contribution >= 4 is 20.9 Å². The minimum Gasteiger partial charge on any atom is -0.358 e. The number of aryl methyl sites for hydroxylation is 1. The molecule has 1 aromatic heterocycles. The number of rotatable bonds is 2. The van der Waals surface area contributed by atoms with Gasteiger partial charge in [0.1, 0.15) is 0 Å². The van der Waals surface area contributed by atoms with E-state index in [1.165, 1.54) is 5.56 Å². The zero-order valence-electron chi connectivity index (χ0n) is 16.3. The van der Waals surface area contributed by atoms with E-state index >= 15 is 0 Å². The summed E-state index contributed by atoms with van der Waals surface area (Å²) in [6, 6.07) is 13.7. The van der Waals surface area contributed by atoms with Crippen LogP contribution in [0.1, 0.15) is 43.2 Å². The van der Waals surface area contributed by atoms with E-state index in [0.717, 1.165) is 27.7 Å². The van der Waals surface area contributed by atoms with Gasteiger partial charge in [-0.15, -0.1) is 0 Å². The Hall–Kier alpha value is -2.11. The van der Waals surface area contributed by atoms with E-state index in [9.17, 15) is 8.42 Å². The van der Waals surface area contributed by atoms with E-state index in [2.05, 4.69) is 44.0 Å². The number of hydrogen-bond acceptors (Lipinski definition) is 2. The first-order chi connectivity index (χ1) is 12.7. The number of nitrogens with one attached hydrogen (secondary N) is 1. The molecule has 4 nitrogen and oxygen atoms in total. The summed E-state index contributed by atoms with van der Waals surface area (Å²) in [4.78, 5) is 3.90. The van der Waals surface area contributed by atoms with Gasteiger partial charge in [0.25, 0.3) is 0 Å². The zero-order valence-corrected chi connectivity index (χ0v) is 17.2. The van der Waals surface area contributed by atoms with Gasteiger partial charge in [0, 0.05) is 36.1 Å². The van der Waals surface area contributed by atoms with Crippen LogP contribution in [-0.2, 0) is 28.4 Å². The SMILES string of the molecule is Cc1ccccc1S(=O)(=O)N1CCc2[nH]c3ccc(C(C)(C)C)cc3c2C1. The number of aromatic amines is 1. The summed E-state index contributed by atoms with van der Waals surface area (Å²) in [5.74, 6) is 0. The van der Waals surface area contributed by atoms with E-state index in [1.54, 1.807) is 16.4 Å². The molecule has 4 rings (SSSR count). The Kier molecular flexibility index (Phi) is 4.20. The Balaban J connectivity index is 1.77. The lowest BCUT2D eigenvalue weighted by molar-refractivity contribution is 0.391. The number of hydrogen-bond donors (Lipinski definition) is 1. The molecule has 0 amide bonds. The van der Waals surface area contributed by atoms with Crippen LogP contribution < -0.4 is 0 Å². The number of H-pyrrole nitrogens is 1. The van der Waals surface area contributed by atoms with Crippen molar-refractivity contribution in [2.24, 2.45) is 0 Å². The normalized spacial score (nSPS) is 15.9. The quantitative estimate of drug-likeness (QED) is 0.708. The smallest absolute Gasteiger partial charge is 0.243 e. The molecule has 1 aliphatic heterocycles. The fourth-order valence-corrected chi connectivity index (χ4v) is 5.48. The van der Waals surface area contributed by atoms with Gasteiger partial charge >= 0.3 is 0 Å². The van der Waals surface area contributed by atoms with Crippen LogP contribution in [0.2, 0.25) is 0 Å². The highest BCUT2D eigenvalue weighted by atomic mass is 32.2. The van der Waals surface area contributed by atoms with Crippen molar-refractivity contribution in [2.75, 3.05) is 6.54 Å². The predicted molar refractivity (Wildman–Crippen MR) is 109 cm³/mol. The molecule has 0 aliphatic carbocycles. The van der Waals surface area contributed by atoms with Gasteiger partial charge < -0.3 is 4.98 Å². The summed E-state index contributed by atoms with van der Waals surface area (Å²) in [6.45, 7) is 9.36. The van der Waals surface area contributed by atoms with Crippen LogP contribution >= 0.6 is 0 Å². The molecule has 0 unspecified atom stereocenters. The van der Waals surface area contributed by atoms with Crippen molar-refractivity contribution in [3.63, 3.8) is 0 Å². The summed E-state index contributed by atoms with van der Waals surface area (Å²) in [7, 11) is -3.50. The van der Waals surface area contributed by atoms with Crippen LogP contribution in [-0.4, -0.2) is 24.3 Å². The molecular formula is C22H26N2O2S. The molecule has 2 aromatic carbocycles. The standard InChI is InChI=1S/C22H26N2O2S/c1-15-7-5-6-8-21(15)27(25,26)24-12-11-20-18(14-24)17-13-16(22(2,3)4)9-10-19(17)23-20/h5-10,13,23H,11-12,14H2,1-4H3. The highest BCUT2D eigenvalue weighted by Crippen LogP contribution is 2.34. The third kappa shape index (κ3) is 3.09. The van der Waals surface area contributed by atoms with Gasteiger partial charge in [-0.05, 0) is 47.2 Å². The van der Waals surface area contributed by atoms with E-state index in [-0.39, 0.29) is 5.41 Å². The van der Waals surface area contributed by atoms with Gasteiger partial charge in [0.15, 0.2) is 0 Å². The first-order valence-corrected chi connectivity index (χ1v) is 10.8. The topological polar surface area (TPSA) is 53.2 Å². The predicted octanol–water partition coefficient (Wildman–Crippen LogP) is 4.52. The van der Waals surface area contributed by atoms with Gasteiger partial charge in [0.2, 0.25) is 10.0 Å². The third-order valence-corrected chi connectivity index (χ3v) is 7.52. The Morgan fingerprint density at radius 1 is 1.07 bits per heavy atom. The van der Waals surface area contributed by atoms with Crippen molar-refractivity contribution in [3.05, 3.63) is 64.8 Å². The molecular weight excluding hydrogens is 356 g/mol. The molecule has 0 atom stereocenters. The Morgan fingerprint density at radius 2 is 1.81 bits per heavy atom. The van der Waals surface area contributed by atoms with Crippen molar-refractivity contribution in [1.29, 1.82) is 0 Å². The average molecular weight is 383 g/mol. The molecule has 0 radical (unpaired) electrons. The maximum Gasteiger partial charge on any atom is 0.243 e. The fourth-order valence-electron chi connectivity index (χ4n) is 3.85. The largest absolute Gasteiger partial charge is 0.358 e. The van der Waals surface area contributed by atoms with E-state index in [0.29, 0.717) is 24.4 Å². The molecule has 2 heterocycles. The Morgan fingerprint density at radius 3 is 2.52 bits per heavy atom. The molecule has 1 N–H and O–H groups in total. The van der Waals surface area contributed by atoms with Crippen LogP contribution in [0.4, 0.5) is 0 Å². The molecule has 0 spiro atoms. The van der Waals surface area contributed by atoms with Crippen molar-refractivity contribution < 1.29 is 8.42 Å². The molecule has 27 heavy (non-hydrogen) atoms. The number of sulfonamides is 1. The first-order valence-electron chi connectivity index (χ1n) is 9.37. The van der Waals surface area contributed by atoms with Gasteiger partial charge in [-0.2, -0.15) is 4.31 Å². The van der Waals surface area contributed by atoms with Crippen LogP contribution in [0.3, 0.4) is 0 Å². The van der Waals surface area contributed by atoms with E-state index in [1.807, 2.05) is 19.1 Å². The monoisotopic (exact) mass is 382 g/mol. The third-order valence-electron chi connectivity index (χ3n) is 5.52. The lowest BCUT2D eigenvalue weighted by Crippen LogP contribution is -2.36. The first kappa shape index (κ1) is 18.3. The summed E-state index contributed by atoms with van der Waals surface area (Å²) < 4.78 is 28.1. The number of nitrogens with zero attached hydrogens (tertiary/aromatic N) is 1. The van der Waals surface area contributed by atoms with Crippen LogP contribution in [0, 0.1) is 6.92 Å². The maximum absolute atomic E-state index is 13.2. The minimum absolute atomic E-state index is 0.0555. The van der Waals surface area contributed by atoms with Gasteiger partial charge in [-0.1, -0.05) is 45.0 Å². The molecule has 3 aromatic rings. The van der Waals surface area contributed by atoms with Crippen LogP contribution in [0.15, 0.2) is 47.4 Å². The second-order valence-electron chi connectivity index (χ2n) is 8.45. The maximum atomic E-state index is 13.2. The molecule has 1 aliphatic rings. The molecule has 142 valence electrons. The summed E-state index contributed by atoms with van der Waals surface area (Å²) in [6.07, 6.45) is 0.708. The number of aromatic nitrogens is 1. The second-order valence-corrected chi connectivity index (χ2v) is 10.4. The van der Waals surface area contributed by atoms with Crippen molar-refractivity contribution in [2.45, 2.75) is 51.0 Å². The molecule has 0 saturated heterocycles. The van der Waals surface area contributed by atoms with Crippen LogP contribution in [0.5, 0.6) is 0 Å². The summed E-state index contributed by atoms with van der Waals surface area (Å²) >= 11 is 0. The minimum atomic E-state index is -3.50. The Labute approximate surface area is 161 Å². The fraction of sp³-hybridized carbons (Fsp3) is 0.364. The van der Waals surface area contributed by atoms with Gasteiger partial charge in [0.05, 0.1) is 4.90 Å². The highest BCUT2D eigenvalue weighted by molar-refractivity contribution is 7.89. The van der Waals surface area contributed by atoms with Crippen molar-refractivity contribution in [3.8, 4) is 0 Å². The van der Waals surface area contributed by atoms with Gasteiger partial charge in [-0.3, -0.25) is 0 Å². The van der Waals surface area contributed by atoms with Gasteiger partial charge in [-0.25, -0.2) is 8.42 Å². The summed E-state index contributed by atoms with van der Waals surface area (Å²) in [5, 5.41) is 1.14. The van der Waals surface area contributed by atoms with E-state index < -0.39 is 10.0 Å². The summed E-state index contributed by atoms with van der Waals surface area (Å²) in [5.41, 5.74) is 5.46. The van der Waals surface area contributed by atoms with Crippen LogP contribution in [0.25, 0.3) is 10.9 Å². The average Bonchev–Trinajstić information content (AvgIpc) is 2.98.